The summed E-state index contributed by atoms with van der Waals surface area (Å²) in [5, 5.41) is 0. The minimum Gasteiger partial charge on any atom is -0.494 e. The molecule has 0 unspecified atom stereocenters. The first-order chi connectivity index (χ1) is 13.8. The zero-order valence-electron chi connectivity index (χ0n) is 18.7. The second-order valence-corrected chi connectivity index (χ2v) is 8.43. The Kier molecular flexibility index (Phi) is 17.0. The van der Waals surface area contributed by atoms with Gasteiger partial charge in [-0.25, -0.2) is 0 Å². The fourth-order valence-corrected chi connectivity index (χ4v) is 3.76. The van der Waals surface area contributed by atoms with Gasteiger partial charge in [-0.05, 0) is 30.7 Å². The highest BCUT2D eigenvalue weighted by Gasteiger charge is 1.96. The average molecular weight is 390 g/mol. The fraction of sp³-hybridized carbons (Fsp3) is 0.769. The molecule has 2 heteroatoms. The lowest BCUT2D eigenvalue weighted by Gasteiger charge is -2.06. The van der Waals surface area contributed by atoms with Crippen molar-refractivity contribution >= 4 is 5.69 Å². The van der Waals surface area contributed by atoms with Gasteiger partial charge in [0.25, 0.3) is 0 Å². The van der Waals surface area contributed by atoms with Crippen LogP contribution in [0, 0.1) is 0 Å². The van der Waals surface area contributed by atoms with E-state index in [0.717, 1.165) is 24.5 Å². The first-order valence-electron chi connectivity index (χ1n) is 12.3. The molecule has 0 spiro atoms. The Balaban J connectivity index is 1.70. The van der Waals surface area contributed by atoms with Crippen molar-refractivity contribution in [2.75, 3.05) is 12.3 Å². The third kappa shape index (κ3) is 15.8. The molecule has 28 heavy (non-hydrogen) atoms. The van der Waals surface area contributed by atoms with E-state index in [-0.39, 0.29) is 0 Å². The molecule has 162 valence electrons. The lowest BCUT2D eigenvalue weighted by molar-refractivity contribution is 0.304. The molecule has 2 N–H and O–H groups in total. The van der Waals surface area contributed by atoms with Gasteiger partial charge in [-0.15, -0.1) is 0 Å². The fourth-order valence-electron chi connectivity index (χ4n) is 3.76. The SMILES string of the molecule is CCCCCCCCCCCCCCCCCCCCOc1ccc(N)cc1. The van der Waals surface area contributed by atoms with Gasteiger partial charge in [-0.3, -0.25) is 0 Å². The van der Waals surface area contributed by atoms with E-state index in [2.05, 4.69) is 6.92 Å². The minimum atomic E-state index is 0.792. The Labute approximate surface area is 175 Å². The van der Waals surface area contributed by atoms with Crippen LogP contribution < -0.4 is 10.5 Å². The maximum atomic E-state index is 5.73. The number of hydrogen-bond acceptors (Lipinski definition) is 2. The van der Waals surface area contributed by atoms with Gasteiger partial charge in [-0.2, -0.15) is 0 Å². The number of hydrogen-bond donors (Lipinski definition) is 1. The molecule has 1 aromatic carbocycles. The van der Waals surface area contributed by atoms with Crippen molar-refractivity contribution in [3.63, 3.8) is 0 Å². The van der Waals surface area contributed by atoms with E-state index in [0.29, 0.717) is 0 Å². The van der Waals surface area contributed by atoms with Crippen LogP contribution in [0.4, 0.5) is 5.69 Å². The lowest BCUT2D eigenvalue weighted by Crippen LogP contribution is -1.97. The molecule has 0 atom stereocenters. The maximum absolute atomic E-state index is 5.73. The average Bonchev–Trinajstić information content (AvgIpc) is 2.71. The molecule has 0 radical (unpaired) electrons. The molecular formula is C26H47NO. The van der Waals surface area contributed by atoms with Gasteiger partial charge in [0.2, 0.25) is 0 Å². The molecule has 2 nitrogen and oxygen atoms in total. The Morgan fingerprint density at radius 3 is 1.29 bits per heavy atom. The normalized spacial score (nSPS) is 11.0. The highest BCUT2D eigenvalue weighted by molar-refractivity contribution is 5.41. The van der Waals surface area contributed by atoms with E-state index >= 15 is 0 Å². The molecule has 0 fully saturated rings. The summed E-state index contributed by atoms with van der Waals surface area (Å²) in [6.45, 7) is 3.12. The van der Waals surface area contributed by atoms with Crippen LogP contribution in [-0.4, -0.2) is 6.61 Å². The van der Waals surface area contributed by atoms with Gasteiger partial charge in [-0.1, -0.05) is 116 Å². The lowest BCUT2D eigenvalue weighted by atomic mass is 10.0. The summed E-state index contributed by atoms with van der Waals surface area (Å²) in [6, 6.07) is 7.68. The molecule has 0 saturated heterocycles. The highest BCUT2D eigenvalue weighted by Crippen LogP contribution is 2.15. The van der Waals surface area contributed by atoms with Crippen LogP contribution in [0.5, 0.6) is 5.75 Å². The van der Waals surface area contributed by atoms with Gasteiger partial charge in [0.05, 0.1) is 6.61 Å². The maximum Gasteiger partial charge on any atom is 0.119 e. The van der Waals surface area contributed by atoms with Crippen molar-refractivity contribution < 1.29 is 4.74 Å². The second kappa shape index (κ2) is 19.2. The van der Waals surface area contributed by atoms with Crippen LogP contribution in [0.3, 0.4) is 0 Å². The van der Waals surface area contributed by atoms with E-state index in [1.807, 2.05) is 24.3 Å². The number of nitrogen functional groups attached to an aromatic ring is 1. The molecule has 1 aromatic rings. The first-order valence-corrected chi connectivity index (χ1v) is 12.3. The van der Waals surface area contributed by atoms with E-state index in [1.54, 1.807) is 0 Å². The van der Waals surface area contributed by atoms with Crippen LogP contribution in [0.25, 0.3) is 0 Å². The number of rotatable bonds is 20. The number of benzene rings is 1. The van der Waals surface area contributed by atoms with Crippen molar-refractivity contribution in [2.45, 2.75) is 122 Å². The van der Waals surface area contributed by atoms with Crippen LogP contribution in [0.1, 0.15) is 122 Å². The predicted octanol–water partition coefficient (Wildman–Crippen LogP) is 8.69. The van der Waals surface area contributed by atoms with Crippen LogP contribution in [0.15, 0.2) is 24.3 Å². The second-order valence-electron chi connectivity index (χ2n) is 8.43. The number of ether oxygens (including phenoxy) is 1. The van der Waals surface area contributed by atoms with E-state index in [9.17, 15) is 0 Å². The summed E-state index contributed by atoms with van der Waals surface area (Å²) in [6.07, 6.45) is 25.4. The zero-order valence-corrected chi connectivity index (χ0v) is 18.7. The Bertz CT molecular complexity index is 429. The van der Waals surface area contributed by atoms with Crippen LogP contribution >= 0.6 is 0 Å². The van der Waals surface area contributed by atoms with Gasteiger partial charge >= 0.3 is 0 Å². The Morgan fingerprint density at radius 1 is 0.536 bits per heavy atom. The summed E-state index contributed by atoms with van der Waals surface area (Å²) >= 11 is 0. The quantitative estimate of drug-likeness (QED) is 0.179. The molecular weight excluding hydrogens is 342 g/mol. The van der Waals surface area contributed by atoms with E-state index in [1.165, 1.54) is 109 Å². The van der Waals surface area contributed by atoms with Gasteiger partial charge < -0.3 is 10.5 Å². The van der Waals surface area contributed by atoms with E-state index < -0.39 is 0 Å². The third-order valence-electron chi connectivity index (χ3n) is 5.65. The highest BCUT2D eigenvalue weighted by atomic mass is 16.5. The Morgan fingerprint density at radius 2 is 0.893 bits per heavy atom. The minimum absolute atomic E-state index is 0.792. The summed E-state index contributed by atoms with van der Waals surface area (Å²) < 4.78 is 5.73. The molecule has 0 aromatic heterocycles. The molecule has 0 aliphatic heterocycles. The zero-order chi connectivity index (χ0) is 20.1. The molecule has 0 bridgehead atoms. The topological polar surface area (TPSA) is 35.2 Å². The molecule has 0 aliphatic carbocycles. The molecule has 0 amide bonds. The first kappa shape index (κ1) is 24.9. The largest absolute Gasteiger partial charge is 0.494 e. The van der Waals surface area contributed by atoms with Crippen molar-refractivity contribution in [3.05, 3.63) is 24.3 Å². The van der Waals surface area contributed by atoms with Gasteiger partial charge in [0, 0.05) is 5.69 Å². The molecule has 0 saturated carbocycles. The molecule has 0 aliphatic rings. The van der Waals surface area contributed by atoms with Crippen molar-refractivity contribution in [2.24, 2.45) is 0 Å². The van der Waals surface area contributed by atoms with Crippen molar-refractivity contribution in [3.8, 4) is 5.75 Å². The summed E-state index contributed by atoms with van der Waals surface area (Å²) in [5.41, 5.74) is 6.47. The van der Waals surface area contributed by atoms with Crippen molar-refractivity contribution in [1.29, 1.82) is 0 Å². The molecule has 1 rings (SSSR count). The summed E-state index contributed by atoms with van der Waals surface area (Å²) in [5.74, 6) is 0.932. The third-order valence-corrected chi connectivity index (χ3v) is 5.65. The van der Waals surface area contributed by atoms with Crippen LogP contribution in [0.2, 0.25) is 0 Å². The number of unbranched alkanes of at least 4 members (excludes halogenated alkanes) is 17. The van der Waals surface area contributed by atoms with Gasteiger partial charge in [0.15, 0.2) is 0 Å². The standard InChI is InChI=1S/C26H47NO/c1-2-3-4-5-6-7-8-9-10-11-12-13-14-15-16-17-18-19-24-28-26-22-20-25(27)21-23-26/h20-23H,2-19,24,27H2,1H3. The number of anilines is 1. The van der Waals surface area contributed by atoms with Gasteiger partial charge in [0.1, 0.15) is 5.75 Å². The summed E-state index contributed by atoms with van der Waals surface area (Å²) in [7, 11) is 0. The van der Waals surface area contributed by atoms with Crippen molar-refractivity contribution in [1.82, 2.24) is 0 Å². The summed E-state index contributed by atoms with van der Waals surface area (Å²) in [4.78, 5) is 0. The smallest absolute Gasteiger partial charge is 0.119 e. The Hall–Kier alpha value is -1.18. The molecule has 0 heterocycles. The number of nitrogens with two attached hydrogens (primary N) is 1. The van der Waals surface area contributed by atoms with Crippen LogP contribution in [-0.2, 0) is 0 Å². The monoisotopic (exact) mass is 389 g/mol. The van der Waals surface area contributed by atoms with E-state index in [4.69, 9.17) is 10.5 Å². The predicted molar refractivity (Wildman–Crippen MR) is 125 cm³/mol.